The molecule has 0 rings (SSSR count). The molecule has 0 heterocycles. The quantitative estimate of drug-likeness (QED) is 0.429. The van der Waals surface area contributed by atoms with Crippen molar-refractivity contribution in [2.75, 3.05) is 7.11 Å². The molecule has 0 aliphatic carbocycles. The van der Waals surface area contributed by atoms with E-state index >= 15 is 0 Å². The highest BCUT2D eigenvalue weighted by atomic mass is 16.5. The van der Waals surface area contributed by atoms with E-state index in [2.05, 4.69) is 13.5 Å². The molecule has 0 aliphatic rings. The van der Waals surface area contributed by atoms with Crippen molar-refractivity contribution >= 4 is 0 Å². The first-order valence-corrected chi connectivity index (χ1v) is 3.07. The van der Waals surface area contributed by atoms with Crippen LogP contribution in [0.3, 0.4) is 0 Å². The third kappa shape index (κ3) is 3.96. The molecule has 10 heavy (non-hydrogen) atoms. The Balaban J connectivity index is 3.88. The van der Waals surface area contributed by atoms with Crippen LogP contribution in [0.15, 0.2) is 36.1 Å². The van der Waals surface area contributed by atoms with Crippen molar-refractivity contribution in [3.63, 3.8) is 0 Å². The molecule has 0 N–H and O–H groups in total. The molecule has 0 aromatic heterocycles. The molecule has 1 nitrogen and oxygen atoms in total. The Morgan fingerprint density at radius 3 is 2.40 bits per heavy atom. The van der Waals surface area contributed by atoms with E-state index < -0.39 is 0 Å². The van der Waals surface area contributed by atoms with Gasteiger partial charge in [0.15, 0.2) is 0 Å². The van der Waals surface area contributed by atoms with Gasteiger partial charge in [-0.3, -0.25) is 0 Å². The first-order valence-electron chi connectivity index (χ1n) is 3.07. The minimum Gasteiger partial charge on any atom is -0.497 e. The van der Waals surface area contributed by atoms with Gasteiger partial charge >= 0.3 is 0 Å². The van der Waals surface area contributed by atoms with E-state index in [0.717, 1.165) is 5.57 Å². The van der Waals surface area contributed by atoms with Gasteiger partial charge in [0.2, 0.25) is 0 Å². The summed E-state index contributed by atoms with van der Waals surface area (Å²) in [5.41, 5.74) is 1.10. The zero-order valence-electron chi connectivity index (χ0n) is 6.55. The van der Waals surface area contributed by atoms with Crippen molar-refractivity contribution in [2.24, 2.45) is 0 Å². The first kappa shape index (κ1) is 9.02. The summed E-state index contributed by atoms with van der Waals surface area (Å²) in [5, 5.41) is 0. The summed E-state index contributed by atoms with van der Waals surface area (Å²) >= 11 is 0. The minimum absolute atomic E-state index is 0.654. The fourth-order valence-corrected chi connectivity index (χ4v) is 0.360. The molecule has 0 aromatic carbocycles. The Bertz CT molecular complexity index is 164. The predicted molar refractivity (Wildman–Crippen MR) is 44.4 cm³/mol. The molecule has 0 saturated carbocycles. The molecule has 0 unspecified atom stereocenters. The zero-order chi connectivity index (χ0) is 7.98. The van der Waals surface area contributed by atoms with Gasteiger partial charge in [-0.05, 0) is 19.9 Å². The van der Waals surface area contributed by atoms with E-state index in [1.165, 1.54) is 0 Å². The van der Waals surface area contributed by atoms with Gasteiger partial charge in [-0.2, -0.15) is 0 Å². The molecule has 0 aliphatic heterocycles. The molecule has 1 heteroatoms. The fraction of sp³-hybridized carbons (Fsp3) is 0.222. The molecule has 0 fully saturated rings. The summed E-state index contributed by atoms with van der Waals surface area (Å²) < 4.78 is 4.82. The highest BCUT2D eigenvalue weighted by Gasteiger charge is 1.81. The number of hydrogen-bond acceptors (Lipinski definition) is 1. The average molecular weight is 137 g/mol. The Labute approximate surface area is 62.7 Å². The van der Waals surface area contributed by atoms with E-state index in [9.17, 15) is 0 Å². The number of hydrogen-bond donors (Lipinski definition) is 0. The van der Waals surface area contributed by atoms with Crippen LogP contribution in [-0.2, 0) is 4.74 Å². The van der Waals surface area contributed by atoms with Crippen LogP contribution in [0.25, 0.3) is 0 Å². The number of ether oxygens (including phenoxy) is 1. The van der Waals surface area contributed by atoms with Gasteiger partial charge in [0.1, 0.15) is 5.76 Å². The maximum Gasteiger partial charge on any atom is 0.111 e. The lowest BCUT2D eigenvalue weighted by Gasteiger charge is -1.94. The van der Waals surface area contributed by atoms with Crippen LogP contribution in [0.4, 0.5) is 0 Å². The van der Waals surface area contributed by atoms with E-state index in [0.29, 0.717) is 5.76 Å². The number of rotatable bonds is 3. The van der Waals surface area contributed by atoms with Crippen molar-refractivity contribution in [1.29, 1.82) is 0 Å². The lowest BCUT2D eigenvalue weighted by Crippen LogP contribution is -1.77. The molecular weight excluding hydrogens is 124 g/mol. The standard InChI is InChI=1S/C9H13O/c1-5-8(2)6-7-9(3)10-4/h5-7H,1,3H2,2,4H3/b7-6-,8-5-. The van der Waals surface area contributed by atoms with Crippen LogP contribution in [0.1, 0.15) is 6.92 Å². The Morgan fingerprint density at radius 1 is 1.40 bits per heavy atom. The third-order valence-corrected chi connectivity index (χ3v) is 1.12. The molecule has 0 atom stereocenters. The van der Waals surface area contributed by atoms with E-state index in [-0.39, 0.29) is 0 Å². The summed E-state index contributed by atoms with van der Waals surface area (Å²) in [6.45, 7) is 9.19. The van der Waals surface area contributed by atoms with Gasteiger partial charge in [-0.15, -0.1) is 0 Å². The summed E-state index contributed by atoms with van der Waals surface area (Å²) in [6.07, 6.45) is 5.48. The molecule has 0 aromatic rings. The van der Waals surface area contributed by atoms with Crippen LogP contribution < -0.4 is 0 Å². The van der Waals surface area contributed by atoms with E-state index in [1.54, 1.807) is 19.3 Å². The van der Waals surface area contributed by atoms with Crippen LogP contribution >= 0.6 is 0 Å². The predicted octanol–water partition coefficient (Wildman–Crippen LogP) is 2.48. The lowest BCUT2D eigenvalue weighted by atomic mass is 10.2. The van der Waals surface area contributed by atoms with Crippen LogP contribution in [0.5, 0.6) is 0 Å². The second kappa shape index (κ2) is 4.86. The molecule has 0 bridgehead atoms. The highest BCUT2D eigenvalue weighted by Crippen LogP contribution is 1.98. The van der Waals surface area contributed by atoms with Gasteiger partial charge in [0.05, 0.1) is 7.11 Å². The lowest BCUT2D eigenvalue weighted by molar-refractivity contribution is 0.309. The summed E-state index contributed by atoms with van der Waals surface area (Å²) in [4.78, 5) is 0. The van der Waals surface area contributed by atoms with Gasteiger partial charge in [-0.25, -0.2) is 0 Å². The van der Waals surface area contributed by atoms with Crippen LogP contribution in [0.2, 0.25) is 0 Å². The van der Waals surface area contributed by atoms with E-state index in [1.807, 2.05) is 13.0 Å². The maximum absolute atomic E-state index is 4.82. The van der Waals surface area contributed by atoms with Crippen molar-refractivity contribution in [2.45, 2.75) is 6.92 Å². The number of methoxy groups -OCH3 is 1. The minimum atomic E-state index is 0.654. The zero-order valence-corrected chi connectivity index (χ0v) is 6.55. The Morgan fingerprint density at radius 2 is 2.00 bits per heavy atom. The third-order valence-electron chi connectivity index (χ3n) is 1.12. The Hall–Kier alpha value is -0.980. The second-order valence-corrected chi connectivity index (χ2v) is 1.95. The van der Waals surface area contributed by atoms with Gasteiger partial charge in [-0.1, -0.05) is 24.3 Å². The average Bonchev–Trinajstić information content (AvgIpc) is 1.99. The molecule has 0 saturated heterocycles. The fourth-order valence-electron chi connectivity index (χ4n) is 0.360. The van der Waals surface area contributed by atoms with Crippen LogP contribution in [0, 0.1) is 6.92 Å². The summed E-state index contributed by atoms with van der Waals surface area (Å²) in [7, 11) is 1.59. The molecule has 0 amide bonds. The highest BCUT2D eigenvalue weighted by molar-refractivity contribution is 5.22. The maximum atomic E-state index is 4.82. The number of allylic oxidation sites excluding steroid dienone is 4. The molecule has 0 spiro atoms. The van der Waals surface area contributed by atoms with Crippen molar-refractivity contribution in [3.8, 4) is 0 Å². The smallest absolute Gasteiger partial charge is 0.111 e. The molecular formula is C9H13O. The largest absolute Gasteiger partial charge is 0.497 e. The van der Waals surface area contributed by atoms with Gasteiger partial charge < -0.3 is 4.74 Å². The van der Waals surface area contributed by atoms with Crippen molar-refractivity contribution in [3.05, 3.63) is 43.1 Å². The normalized spacial score (nSPS) is 12.1. The molecule has 1 radical (unpaired) electrons. The Kier molecular flexibility index (Phi) is 4.38. The molecule has 55 valence electrons. The summed E-state index contributed by atoms with van der Waals surface area (Å²) in [5.74, 6) is 0.654. The topological polar surface area (TPSA) is 9.23 Å². The summed E-state index contributed by atoms with van der Waals surface area (Å²) in [6, 6.07) is 0. The van der Waals surface area contributed by atoms with Crippen molar-refractivity contribution in [1.82, 2.24) is 0 Å². The SMILES string of the molecule is [CH2]/C=C(C)\C=C/C(=C)OC. The van der Waals surface area contributed by atoms with Gasteiger partial charge in [0.25, 0.3) is 0 Å². The first-order chi connectivity index (χ1) is 4.70. The van der Waals surface area contributed by atoms with Gasteiger partial charge in [0, 0.05) is 0 Å². The van der Waals surface area contributed by atoms with Crippen LogP contribution in [-0.4, -0.2) is 7.11 Å². The monoisotopic (exact) mass is 137 g/mol. The van der Waals surface area contributed by atoms with E-state index in [4.69, 9.17) is 4.74 Å². The van der Waals surface area contributed by atoms with Crippen molar-refractivity contribution < 1.29 is 4.74 Å². The second-order valence-electron chi connectivity index (χ2n) is 1.95.